The summed E-state index contributed by atoms with van der Waals surface area (Å²) >= 11 is 0. The number of aliphatic carboxylic acids is 1. The molecule has 2 N–H and O–H groups in total. The zero-order valence-corrected chi connectivity index (χ0v) is 9.28. The van der Waals surface area contributed by atoms with Gasteiger partial charge in [-0.05, 0) is 12.1 Å². The quantitative estimate of drug-likeness (QED) is 0.869. The second-order valence-electron chi connectivity index (χ2n) is 3.85. The molecule has 2 aromatic heterocycles. The molecular formula is C11H7F3N2O3. The summed E-state index contributed by atoms with van der Waals surface area (Å²) in [5, 5.41) is 8.84. The summed E-state index contributed by atoms with van der Waals surface area (Å²) in [4.78, 5) is 27.5. The van der Waals surface area contributed by atoms with Gasteiger partial charge in [0.15, 0.2) is 0 Å². The number of nitrogens with one attached hydrogen (secondary N) is 1. The molecule has 100 valence electrons. The summed E-state index contributed by atoms with van der Waals surface area (Å²) in [7, 11) is 0. The van der Waals surface area contributed by atoms with Crippen LogP contribution in [0.15, 0.2) is 23.1 Å². The number of rotatable bonds is 2. The van der Waals surface area contributed by atoms with E-state index >= 15 is 0 Å². The van der Waals surface area contributed by atoms with Crippen molar-refractivity contribution in [2.24, 2.45) is 0 Å². The van der Waals surface area contributed by atoms with Gasteiger partial charge >= 0.3 is 12.1 Å². The Labute approximate surface area is 103 Å². The molecule has 0 aliphatic rings. The smallest absolute Gasteiger partial charge is 0.433 e. The van der Waals surface area contributed by atoms with Crippen molar-refractivity contribution in [3.63, 3.8) is 0 Å². The lowest BCUT2D eigenvalue weighted by Gasteiger charge is -2.07. The molecule has 5 nitrogen and oxygen atoms in total. The average Bonchev–Trinajstić information content (AvgIpc) is 2.27. The molecule has 2 rings (SSSR count). The van der Waals surface area contributed by atoms with Gasteiger partial charge in [-0.15, -0.1) is 0 Å². The molecule has 0 saturated carbocycles. The van der Waals surface area contributed by atoms with Crippen LogP contribution in [0, 0.1) is 0 Å². The molecule has 0 radical (unpaired) electrons. The minimum atomic E-state index is -4.61. The van der Waals surface area contributed by atoms with Crippen LogP contribution >= 0.6 is 0 Å². The van der Waals surface area contributed by atoms with Crippen molar-refractivity contribution in [2.75, 3.05) is 0 Å². The van der Waals surface area contributed by atoms with Crippen LogP contribution in [0.4, 0.5) is 13.2 Å². The Morgan fingerprint density at radius 2 is 2.05 bits per heavy atom. The highest BCUT2D eigenvalue weighted by Crippen LogP contribution is 2.28. The number of aromatic nitrogens is 2. The Morgan fingerprint density at radius 1 is 1.37 bits per heavy atom. The SMILES string of the molecule is O=C(O)Cc1cc2cnc(C(F)(F)F)cc2[nH]c1=O. The van der Waals surface area contributed by atoms with Crippen LogP contribution in [-0.4, -0.2) is 21.0 Å². The number of carboxylic acids is 1. The van der Waals surface area contributed by atoms with Gasteiger partial charge in [-0.2, -0.15) is 13.2 Å². The minimum absolute atomic E-state index is 0.0402. The van der Waals surface area contributed by atoms with Gasteiger partial charge in [0, 0.05) is 17.1 Å². The number of hydrogen-bond donors (Lipinski definition) is 2. The zero-order valence-electron chi connectivity index (χ0n) is 9.28. The van der Waals surface area contributed by atoms with E-state index in [2.05, 4.69) is 9.97 Å². The summed E-state index contributed by atoms with van der Waals surface area (Å²) in [6, 6.07) is 1.93. The van der Waals surface area contributed by atoms with Gasteiger partial charge in [0.2, 0.25) is 0 Å². The number of halogens is 3. The molecule has 2 aromatic rings. The molecule has 0 bridgehead atoms. The van der Waals surface area contributed by atoms with Gasteiger partial charge in [-0.25, -0.2) is 0 Å². The van der Waals surface area contributed by atoms with E-state index in [1.54, 1.807) is 0 Å². The fraction of sp³-hybridized carbons (Fsp3) is 0.182. The van der Waals surface area contributed by atoms with E-state index in [-0.39, 0.29) is 16.5 Å². The summed E-state index contributed by atoms with van der Waals surface area (Å²) in [6.07, 6.45) is -4.17. The lowest BCUT2D eigenvalue weighted by atomic mass is 10.1. The molecule has 0 unspecified atom stereocenters. The lowest BCUT2D eigenvalue weighted by Crippen LogP contribution is -2.16. The first-order chi connectivity index (χ1) is 8.77. The largest absolute Gasteiger partial charge is 0.481 e. The Kier molecular flexibility index (Phi) is 3.01. The van der Waals surface area contributed by atoms with E-state index in [9.17, 15) is 22.8 Å². The van der Waals surface area contributed by atoms with Gasteiger partial charge in [0.1, 0.15) is 5.69 Å². The van der Waals surface area contributed by atoms with Crippen LogP contribution in [0.2, 0.25) is 0 Å². The van der Waals surface area contributed by atoms with Gasteiger partial charge in [-0.3, -0.25) is 14.6 Å². The van der Waals surface area contributed by atoms with Crippen molar-refractivity contribution in [2.45, 2.75) is 12.6 Å². The van der Waals surface area contributed by atoms with E-state index in [1.165, 1.54) is 6.07 Å². The molecule has 0 aromatic carbocycles. The van der Waals surface area contributed by atoms with Crippen molar-refractivity contribution in [3.05, 3.63) is 39.9 Å². The number of carbonyl (C=O) groups is 1. The second-order valence-corrected chi connectivity index (χ2v) is 3.85. The number of nitrogens with zero attached hydrogens (tertiary/aromatic N) is 1. The van der Waals surface area contributed by atoms with Gasteiger partial charge in [0.05, 0.1) is 11.9 Å². The predicted molar refractivity (Wildman–Crippen MR) is 58.7 cm³/mol. The fourth-order valence-electron chi connectivity index (χ4n) is 1.59. The van der Waals surface area contributed by atoms with Crippen LogP contribution in [-0.2, 0) is 17.4 Å². The first-order valence-electron chi connectivity index (χ1n) is 5.08. The number of pyridine rings is 2. The molecule has 0 fully saturated rings. The summed E-state index contributed by atoms with van der Waals surface area (Å²) in [5.74, 6) is -1.20. The molecule has 0 amide bonds. The molecular weight excluding hydrogens is 265 g/mol. The van der Waals surface area contributed by atoms with Crippen LogP contribution in [0.1, 0.15) is 11.3 Å². The van der Waals surface area contributed by atoms with Crippen molar-refractivity contribution < 1.29 is 23.1 Å². The Bertz CT molecular complexity index is 706. The highest BCUT2D eigenvalue weighted by atomic mass is 19.4. The number of aromatic amines is 1. The van der Waals surface area contributed by atoms with E-state index in [0.29, 0.717) is 6.07 Å². The summed E-state index contributed by atoms with van der Waals surface area (Å²) in [5.41, 5.74) is -1.93. The molecule has 0 aliphatic carbocycles. The van der Waals surface area contributed by atoms with Crippen LogP contribution in [0.5, 0.6) is 0 Å². The maximum absolute atomic E-state index is 12.4. The molecule has 19 heavy (non-hydrogen) atoms. The van der Waals surface area contributed by atoms with Crippen molar-refractivity contribution >= 4 is 16.9 Å². The Hall–Kier alpha value is -2.38. The van der Waals surface area contributed by atoms with Gasteiger partial charge < -0.3 is 10.1 Å². The highest BCUT2D eigenvalue weighted by Gasteiger charge is 2.32. The van der Waals surface area contributed by atoms with Crippen molar-refractivity contribution in [1.29, 1.82) is 0 Å². The van der Waals surface area contributed by atoms with Crippen LogP contribution < -0.4 is 5.56 Å². The topological polar surface area (TPSA) is 83.0 Å². The molecule has 2 heterocycles. The number of carboxylic acid groups (broad SMARTS) is 1. The molecule has 8 heteroatoms. The second kappa shape index (κ2) is 4.38. The van der Waals surface area contributed by atoms with Gasteiger partial charge in [0.25, 0.3) is 5.56 Å². The summed E-state index contributed by atoms with van der Waals surface area (Å²) in [6.45, 7) is 0. The average molecular weight is 272 g/mol. The van der Waals surface area contributed by atoms with Crippen molar-refractivity contribution in [3.8, 4) is 0 Å². The maximum Gasteiger partial charge on any atom is 0.433 e. The monoisotopic (exact) mass is 272 g/mol. The van der Waals surface area contributed by atoms with E-state index in [0.717, 1.165) is 6.20 Å². The third-order valence-electron chi connectivity index (χ3n) is 2.44. The summed E-state index contributed by atoms with van der Waals surface area (Å²) < 4.78 is 37.3. The van der Waals surface area contributed by atoms with Crippen molar-refractivity contribution in [1.82, 2.24) is 9.97 Å². The number of H-pyrrole nitrogens is 1. The first-order valence-corrected chi connectivity index (χ1v) is 5.08. The zero-order chi connectivity index (χ0) is 14.2. The molecule has 0 spiro atoms. The minimum Gasteiger partial charge on any atom is -0.481 e. The number of alkyl halides is 3. The Morgan fingerprint density at radius 3 is 2.63 bits per heavy atom. The molecule has 0 saturated heterocycles. The highest BCUT2D eigenvalue weighted by molar-refractivity contribution is 5.80. The third kappa shape index (κ3) is 2.72. The molecule has 0 atom stereocenters. The number of fused-ring (bicyclic) bond motifs is 1. The maximum atomic E-state index is 12.4. The van der Waals surface area contributed by atoms with E-state index in [1.807, 2.05) is 0 Å². The molecule has 0 aliphatic heterocycles. The van der Waals surface area contributed by atoms with Crippen LogP contribution in [0.3, 0.4) is 0 Å². The normalized spacial score (nSPS) is 11.7. The lowest BCUT2D eigenvalue weighted by molar-refractivity contribution is -0.141. The van der Waals surface area contributed by atoms with E-state index < -0.39 is 29.8 Å². The third-order valence-corrected chi connectivity index (χ3v) is 2.44. The number of hydrogen-bond acceptors (Lipinski definition) is 3. The van der Waals surface area contributed by atoms with E-state index in [4.69, 9.17) is 5.11 Å². The standard InChI is InChI=1S/C11H7F3N2O3/c12-11(13,14)8-3-7-6(4-15-8)1-5(2-9(17)18)10(19)16-7/h1,3-4H,2H2,(H,16,19)(H,17,18). The fourth-order valence-corrected chi connectivity index (χ4v) is 1.59. The van der Waals surface area contributed by atoms with Crippen LogP contribution in [0.25, 0.3) is 10.9 Å². The predicted octanol–water partition coefficient (Wildman–Crippen LogP) is 1.57. The first kappa shape index (κ1) is 13.1. The van der Waals surface area contributed by atoms with Gasteiger partial charge in [-0.1, -0.05) is 0 Å². The Balaban J connectivity index is 2.58.